The number of hydrogen-bond acceptors (Lipinski definition) is 5. The number of nitrogens with one attached hydrogen (secondary N) is 1. The van der Waals surface area contributed by atoms with Crippen molar-refractivity contribution >= 4 is 21.8 Å². The molecule has 24 heavy (non-hydrogen) atoms. The Morgan fingerprint density at radius 2 is 2.00 bits per heavy atom. The summed E-state index contributed by atoms with van der Waals surface area (Å²) in [6, 6.07) is 2.99. The van der Waals surface area contributed by atoms with Gasteiger partial charge in [0.05, 0.1) is 18.0 Å². The number of morpholine rings is 1. The predicted molar refractivity (Wildman–Crippen MR) is 87.0 cm³/mol. The number of ether oxygens (including phenoxy) is 1. The molecular formula is C15H21N3O5S. The van der Waals surface area contributed by atoms with Gasteiger partial charge in [0.25, 0.3) is 5.91 Å². The molecule has 0 radical (unpaired) electrons. The maximum absolute atomic E-state index is 12.7. The Labute approximate surface area is 141 Å². The number of amides is 2. The van der Waals surface area contributed by atoms with Crippen LogP contribution in [0.15, 0.2) is 17.0 Å². The summed E-state index contributed by atoms with van der Waals surface area (Å²) in [5.74, 6) is -0.994. The molecule has 0 aromatic heterocycles. The van der Waals surface area contributed by atoms with E-state index in [0.717, 1.165) is 0 Å². The highest BCUT2D eigenvalue weighted by Crippen LogP contribution is 2.22. The standard InChI is InChI=1S/C15H21N3O5S/c1-9-6-11(7-13(10(9)2)24(21,22)17-3)15(20)18-4-5-23-12(8-18)14(16)19/h6-7,12,17H,4-5,8H2,1-3H3,(H2,16,19). The van der Waals surface area contributed by atoms with Crippen LogP contribution < -0.4 is 10.5 Å². The molecule has 0 bridgehead atoms. The van der Waals surface area contributed by atoms with Crippen LogP contribution in [-0.2, 0) is 19.6 Å². The molecule has 132 valence electrons. The molecule has 0 spiro atoms. The molecule has 9 heteroatoms. The molecule has 1 atom stereocenters. The van der Waals surface area contributed by atoms with E-state index >= 15 is 0 Å². The normalized spacial score (nSPS) is 18.5. The lowest BCUT2D eigenvalue weighted by Crippen LogP contribution is -2.50. The second kappa shape index (κ2) is 6.88. The summed E-state index contributed by atoms with van der Waals surface area (Å²) in [4.78, 5) is 25.5. The van der Waals surface area contributed by atoms with Crippen LogP contribution in [0.25, 0.3) is 0 Å². The van der Waals surface area contributed by atoms with Gasteiger partial charge in [0, 0.05) is 12.1 Å². The number of primary amides is 1. The fourth-order valence-electron chi connectivity index (χ4n) is 2.53. The molecular weight excluding hydrogens is 334 g/mol. The van der Waals surface area contributed by atoms with E-state index in [9.17, 15) is 18.0 Å². The molecule has 0 saturated carbocycles. The number of nitrogens with zero attached hydrogens (tertiary/aromatic N) is 1. The summed E-state index contributed by atoms with van der Waals surface area (Å²) in [5, 5.41) is 0. The third-order valence-electron chi connectivity index (χ3n) is 4.10. The van der Waals surface area contributed by atoms with Gasteiger partial charge in [0.2, 0.25) is 15.9 Å². The Balaban J connectivity index is 2.38. The topological polar surface area (TPSA) is 119 Å². The third kappa shape index (κ3) is 3.58. The van der Waals surface area contributed by atoms with Gasteiger partial charge in [0.1, 0.15) is 0 Å². The number of hydrogen-bond donors (Lipinski definition) is 2. The summed E-state index contributed by atoms with van der Waals surface area (Å²) in [7, 11) is -2.36. The molecule has 3 N–H and O–H groups in total. The van der Waals surface area contributed by atoms with Crippen molar-refractivity contribution in [3.05, 3.63) is 28.8 Å². The van der Waals surface area contributed by atoms with Crippen molar-refractivity contribution < 1.29 is 22.7 Å². The smallest absolute Gasteiger partial charge is 0.254 e. The number of benzene rings is 1. The van der Waals surface area contributed by atoms with Gasteiger partial charge in [-0.3, -0.25) is 9.59 Å². The first-order valence-electron chi connectivity index (χ1n) is 7.42. The average molecular weight is 355 g/mol. The monoisotopic (exact) mass is 355 g/mol. The first-order valence-corrected chi connectivity index (χ1v) is 8.90. The SMILES string of the molecule is CNS(=O)(=O)c1cc(C(=O)N2CCOC(C(N)=O)C2)cc(C)c1C. The maximum atomic E-state index is 12.7. The number of aryl methyl sites for hydroxylation is 1. The van der Waals surface area contributed by atoms with E-state index in [1.165, 1.54) is 18.0 Å². The van der Waals surface area contributed by atoms with E-state index in [0.29, 0.717) is 17.7 Å². The lowest BCUT2D eigenvalue weighted by Gasteiger charge is -2.31. The minimum Gasteiger partial charge on any atom is -0.367 e. The van der Waals surface area contributed by atoms with Crippen LogP contribution in [0.2, 0.25) is 0 Å². The predicted octanol–water partition coefficient (Wildman–Crippen LogP) is -0.462. The Kier molecular flexibility index (Phi) is 5.26. The van der Waals surface area contributed by atoms with Crippen LogP contribution in [0.4, 0.5) is 0 Å². The molecule has 8 nitrogen and oxygen atoms in total. The van der Waals surface area contributed by atoms with Crippen molar-refractivity contribution in [3.63, 3.8) is 0 Å². The van der Waals surface area contributed by atoms with E-state index in [-0.39, 0.29) is 29.5 Å². The summed E-state index contributed by atoms with van der Waals surface area (Å²) in [6.07, 6.45) is -0.852. The first kappa shape index (κ1) is 18.4. The molecule has 1 aromatic rings. The number of sulfonamides is 1. The number of carbonyl (C=O) groups excluding carboxylic acids is 2. The molecule has 1 fully saturated rings. The number of rotatable bonds is 4. The quantitative estimate of drug-likeness (QED) is 0.757. The van der Waals surface area contributed by atoms with Crippen molar-refractivity contribution in [1.82, 2.24) is 9.62 Å². The molecule has 1 aromatic carbocycles. The molecule has 1 unspecified atom stereocenters. The Hall–Kier alpha value is -1.97. The summed E-state index contributed by atoms with van der Waals surface area (Å²) < 4.78 is 31.8. The summed E-state index contributed by atoms with van der Waals surface area (Å²) >= 11 is 0. The van der Waals surface area contributed by atoms with Gasteiger partial charge in [-0.05, 0) is 44.2 Å². The molecule has 1 saturated heterocycles. The second-order valence-corrected chi connectivity index (χ2v) is 7.49. The molecule has 1 aliphatic heterocycles. The highest BCUT2D eigenvalue weighted by molar-refractivity contribution is 7.89. The van der Waals surface area contributed by atoms with Gasteiger partial charge >= 0.3 is 0 Å². The third-order valence-corrected chi connectivity index (χ3v) is 5.64. The lowest BCUT2D eigenvalue weighted by atomic mass is 10.0. The number of nitrogens with two attached hydrogens (primary N) is 1. The van der Waals surface area contributed by atoms with Crippen LogP contribution >= 0.6 is 0 Å². The maximum Gasteiger partial charge on any atom is 0.254 e. The van der Waals surface area contributed by atoms with Crippen LogP contribution in [0, 0.1) is 13.8 Å². The molecule has 2 amide bonds. The fraction of sp³-hybridized carbons (Fsp3) is 0.467. The molecule has 0 aliphatic carbocycles. The molecule has 1 aliphatic rings. The van der Waals surface area contributed by atoms with Gasteiger partial charge in [-0.1, -0.05) is 0 Å². The van der Waals surface area contributed by atoms with Crippen LogP contribution in [-0.4, -0.2) is 58.0 Å². The summed E-state index contributed by atoms with van der Waals surface area (Å²) in [5.41, 5.74) is 6.74. The minimum atomic E-state index is -3.68. The van der Waals surface area contributed by atoms with Gasteiger partial charge in [0.15, 0.2) is 6.10 Å². The molecule has 1 heterocycles. The van der Waals surface area contributed by atoms with E-state index in [2.05, 4.69) is 4.72 Å². The van der Waals surface area contributed by atoms with Crippen molar-refractivity contribution in [1.29, 1.82) is 0 Å². The van der Waals surface area contributed by atoms with Gasteiger partial charge in [-0.2, -0.15) is 0 Å². The highest BCUT2D eigenvalue weighted by atomic mass is 32.2. The zero-order valence-corrected chi connectivity index (χ0v) is 14.6. The highest BCUT2D eigenvalue weighted by Gasteiger charge is 2.29. The zero-order valence-electron chi connectivity index (χ0n) is 13.8. The van der Waals surface area contributed by atoms with Crippen molar-refractivity contribution in [3.8, 4) is 0 Å². The van der Waals surface area contributed by atoms with Crippen molar-refractivity contribution in [2.75, 3.05) is 26.7 Å². The van der Waals surface area contributed by atoms with E-state index in [1.54, 1.807) is 19.9 Å². The zero-order chi connectivity index (χ0) is 18.1. The average Bonchev–Trinajstić information content (AvgIpc) is 2.56. The lowest BCUT2D eigenvalue weighted by molar-refractivity contribution is -0.133. The number of carbonyl (C=O) groups is 2. The Morgan fingerprint density at radius 1 is 1.33 bits per heavy atom. The van der Waals surface area contributed by atoms with Crippen LogP contribution in [0.3, 0.4) is 0 Å². The Bertz CT molecular complexity index is 776. The van der Waals surface area contributed by atoms with E-state index in [4.69, 9.17) is 10.5 Å². The van der Waals surface area contributed by atoms with Gasteiger partial charge in [-0.25, -0.2) is 13.1 Å². The second-order valence-electron chi connectivity index (χ2n) is 5.64. The summed E-state index contributed by atoms with van der Waals surface area (Å²) in [6.45, 7) is 3.99. The first-order chi connectivity index (χ1) is 11.2. The van der Waals surface area contributed by atoms with Crippen LogP contribution in [0.1, 0.15) is 21.5 Å². The van der Waals surface area contributed by atoms with Crippen molar-refractivity contribution in [2.45, 2.75) is 24.8 Å². The largest absolute Gasteiger partial charge is 0.367 e. The van der Waals surface area contributed by atoms with E-state index < -0.39 is 22.0 Å². The Morgan fingerprint density at radius 3 is 2.58 bits per heavy atom. The minimum absolute atomic E-state index is 0.0508. The van der Waals surface area contributed by atoms with Gasteiger partial charge < -0.3 is 15.4 Å². The van der Waals surface area contributed by atoms with Crippen LogP contribution in [0.5, 0.6) is 0 Å². The van der Waals surface area contributed by atoms with Crippen molar-refractivity contribution in [2.24, 2.45) is 5.73 Å². The molecule has 2 rings (SSSR count). The van der Waals surface area contributed by atoms with E-state index in [1.807, 2.05) is 0 Å². The fourth-order valence-corrected chi connectivity index (χ4v) is 3.59. The van der Waals surface area contributed by atoms with Gasteiger partial charge in [-0.15, -0.1) is 0 Å².